The number of carbonyl (C=O) groups is 4. The molecule has 0 heterocycles. The minimum absolute atomic E-state index is 0.0374. The van der Waals surface area contributed by atoms with Crippen LogP contribution in [0.25, 0.3) is 0 Å². The quantitative estimate of drug-likeness (QED) is 0.541. The Morgan fingerprint density at radius 3 is 2.08 bits per heavy atom. The van der Waals surface area contributed by atoms with E-state index in [4.69, 9.17) is 14.6 Å². The number of carboxylic acid groups (broad SMARTS) is 1. The first-order chi connectivity index (χ1) is 11.1. The third-order valence-electron chi connectivity index (χ3n) is 2.92. The van der Waals surface area contributed by atoms with Gasteiger partial charge in [-0.15, -0.1) is 0 Å². The molecule has 0 bridgehead atoms. The number of aliphatic carboxylic acids is 1. The Hall–Kier alpha value is -2.32. The standard InChI is InChI=1S/C15H26N2O7/c1-5-6-15(4,8-23-13(21)16-10(2)3)9-24-14(22)17-11(18)7-12(19)20/h10H,5-9H2,1-4H3,(H,16,21)(H,19,20)(H,17,18,22). The Bertz CT molecular complexity index is 465. The second kappa shape index (κ2) is 10.5. The molecule has 1 atom stereocenters. The van der Waals surface area contributed by atoms with E-state index < -0.39 is 35.9 Å². The van der Waals surface area contributed by atoms with Gasteiger partial charge in [0.05, 0.1) is 0 Å². The Balaban J connectivity index is 4.43. The summed E-state index contributed by atoms with van der Waals surface area (Å²) in [6.45, 7) is 7.27. The van der Waals surface area contributed by atoms with Crippen LogP contribution < -0.4 is 10.6 Å². The van der Waals surface area contributed by atoms with Crippen LogP contribution in [0.1, 0.15) is 47.0 Å². The van der Waals surface area contributed by atoms with Crippen LogP contribution >= 0.6 is 0 Å². The van der Waals surface area contributed by atoms with E-state index in [0.717, 1.165) is 6.42 Å². The molecular weight excluding hydrogens is 320 g/mol. The number of rotatable bonds is 9. The fourth-order valence-electron chi connectivity index (χ4n) is 1.88. The van der Waals surface area contributed by atoms with Crippen LogP contribution in [0.5, 0.6) is 0 Å². The molecule has 0 aliphatic rings. The van der Waals surface area contributed by atoms with Crippen molar-refractivity contribution in [3.8, 4) is 0 Å². The number of imide groups is 1. The van der Waals surface area contributed by atoms with Gasteiger partial charge in [-0.1, -0.05) is 20.3 Å². The zero-order chi connectivity index (χ0) is 18.8. The molecule has 0 radical (unpaired) electrons. The first kappa shape index (κ1) is 21.7. The highest BCUT2D eigenvalue weighted by molar-refractivity contribution is 6.00. The van der Waals surface area contributed by atoms with Crippen molar-refractivity contribution in [2.24, 2.45) is 5.41 Å². The molecule has 3 amide bonds. The van der Waals surface area contributed by atoms with Crippen LogP contribution in [0, 0.1) is 5.41 Å². The largest absolute Gasteiger partial charge is 0.481 e. The smallest absolute Gasteiger partial charge is 0.413 e. The van der Waals surface area contributed by atoms with E-state index in [0.29, 0.717) is 6.42 Å². The molecule has 9 nitrogen and oxygen atoms in total. The van der Waals surface area contributed by atoms with Crippen LogP contribution in [0.15, 0.2) is 0 Å². The van der Waals surface area contributed by atoms with E-state index in [9.17, 15) is 19.2 Å². The molecule has 0 aromatic heterocycles. The molecule has 0 aromatic rings. The Kier molecular flexibility index (Phi) is 9.44. The van der Waals surface area contributed by atoms with Gasteiger partial charge < -0.3 is 19.9 Å². The van der Waals surface area contributed by atoms with Gasteiger partial charge in [0.2, 0.25) is 5.91 Å². The maximum absolute atomic E-state index is 11.5. The molecule has 1 unspecified atom stereocenters. The van der Waals surface area contributed by atoms with Gasteiger partial charge in [-0.2, -0.15) is 0 Å². The zero-order valence-electron chi connectivity index (χ0n) is 14.5. The van der Waals surface area contributed by atoms with Gasteiger partial charge in [0.15, 0.2) is 0 Å². The molecule has 0 fully saturated rings. The Morgan fingerprint density at radius 2 is 1.62 bits per heavy atom. The minimum atomic E-state index is -1.35. The molecule has 0 aliphatic carbocycles. The maximum Gasteiger partial charge on any atom is 0.413 e. The lowest BCUT2D eigenvalue weighted by Gasteiger charge is -2.28. The molecule has 0 saturated heterocycles. The summed E-state index contributed by atoms with van der Waals surface area (Å²) in [6, 6.07) is -0.0581. The van der Waals surface area contributed by atoms with E-state index >= 15 is 0 Å². The van der Waals surface area contributed by atoms with Crippen molar-refractivity contribution in [1.82, 2.24) is 10.6 Å². The lowest BCUT2D eigenvalue weighted by molar-refractivity contribution is -0.140. The van der Waals surface area contributed by atoms with Crippen molar-refractivity contribution in [3.63, 3.8) is 0 Å². The molecule has 24 heavy (non-hydrogen) atoms. The zero-order valence-corrected chi connectivity index (χ0v) is 14.5. The van der Waals surface area contributed by atoms with Gasteiger partial charge in [0.1, 0.15) is 19.6 Å². The van der Waals surface area contributed by atoms with Gasteiger partial charge >= 0.3 is 18.2 Å². The topological polar surface area (TPSA) is 131 Å². The lowest BCUT2D eigenvalue weighted by atomic mass is 9.87. The highest BCUT2D eigenvalue weighted by atomic mass is 16.6. The monoisotopic (exact) mass is 346 g/mol. The van der Waals surface area contributed by atoms with Gasteiger partial charge in [-0.3, -0.25) is 14.9 Å². The summed E-state index contributed by atoms with van der Waals surface area (Å²) in [5, 5.41) is 12.8. The molecular formula is C15H26N2O7. The van der Waals surface area contributed by atoms with Crippen LogP contribution in [0.4, 0.5) is 9.59 Å². The number of amides is 3. The second-order valence-electron chi connectivity index (χ2n) is 6.13. The summed E-state index contributed by atoms with van der Waals surface area (Å²) >= 11 is 0. The van der Waals surface area contributed by atoms with Crippen molar-refractivity contribution in [1.29, 1.82) is 0 Å². The van der Waals surface area contributed by atoms with E-state index in [1.165, 1.54) is 0 Å². The van der Waals surface area contributed by atoms with E-state index in [-0.39, 0.29) is 19.3 Å². The number of hydrogen-bond donors (Lipinski definition) is 3. The van der Waals surface area contributed by atoms with Crippen molar-refractivity contribution in [2.75, 3.05) is 13.2 Å². The fraction of sp³-hybridized carbons (Fsp3) is 0.733. The number of carbonyl (C=O) groups excluding carboxylic acids is 3. The summed E-state index contributed by atoms with van der Waals surface area (Å²) in [6.07, 6.45) is -1.02. The average molecular weight is 346 g/mol. The van der Waals surface area contributed by atoms with Gasteiger partial charge in [0.25, 0.3) is 0 Å². The summed E-state index contributed by atoms with van der Waals surface area (Å²) in [5.74, 6) is -2.31. The predicted octanol–water partition coefficient (Wildman–Crippen LogP) is 1.65. The van der Waals surface area contributed by atoms with E-state index in [1.807, 2.05) is 12.2 Å². The fourth-order valence-corrected chi connectivity index (χ4v) is 1.88. The number of carboxylic acids is 1. The summed E-state index contributed by atoms with van der Waals surface area (Å²) in [5.41, 5.74) is -0.615. The number of nitrogens with one attached hydrogen (secondary N) is 2. The van der Waals surface area contributed by atoms with Crippen LogP contribution in [-0.2, 0) is 19.1 Å². The Labute approximate surface area is 141 Å². The molecule has 0 aliphatic heterocycles. The van der Waals surface area contributed by atoms with Crippen LogP contribution in [-0.4, -0.2) is 48.4 Å². The summed E-state index contributed by atoms with van der Waals surface area (Å²) in [7, 11) is 0. The molecule has 0 rings (SSSR count). The minimum Gasteiger partial charge on any atom is -0.481 e. The molecule has 3 N–H and O–H groups in total. The summed E-state index contributed by atoms with van der Waals surface area (Å²) in [4.78, 5) is 44.6. The van der Waals surface area contributed by atoms with Gasteiger partial charge in [-0.05, 0) is 20.3 Å². The first-order valence-electron chi connectivity index (χ1n) is 7.69. The maximum atomic E-state index is 11.5. The van der Waals surface area contributed by atoms with Crippen molar-refractivity contribution >= 4 is 24.1 Å². The van der Waals surface area contributed by atoms with Crippen molar-refractivity contribution in [2.45, 2.75) is 53.0 Å². The molecule has 138 valence electrons. The second-order valence-corrected chi connectivity index (χ2v) is 6.13. The van der Waals surface area contributed by atoms with Gasteiger partial charge in [-0.25, -0.2) is 9.59 Å². The normalized spacial score (nSPS) is 12.9. The van der Waals surface area contributed by atoms with E-state index in [2.05, 4.69) is 5.32 Å². The number of alkyl carbamates (subject to hydrolysis) is 2. The average Bonchev–Trinajstić information content (AvgIpc) is 2.42. The summed E-state index contributed by atoms with van der Waals surface area (Å²) < 4.78 is 10.1. The van der Waals surface area contributed by atoms with Gasteiger partial charge in [0, 0.05) is 11.5 Å². The van der Waals surface area contributed by atoms with Crippen LogP contribution in [0.2, 0.25) is 0 Å². The number of ether oxygens (including phenoxy) is 2. The molecule has 0 aromatic carbocycles. The molecule has 0 saturated carbocycles. The molecule has 0 spiro atoms. The van der Waals surface area contributed by atoms with Crippen LogP contribution in [0.3, 0.4) is 0 Å². The Morgan fingerprint density at radius 1 is 1.08 bits per heavy atom. The van der Waals surface area contributed by atoms with Crippen molar-refractivity contribution in [3.05, 3.63) is 0 Å². The highest BCUT2D eigenvalue weighted by Crippen LogP contribution is 2.24. The third kappa shape index (κ3) is 10.4. The number of hydrogen-bond acceptors (Lipinski definition) is 6. The molecule has 9 heteroatoms. The predicted molar refractivity (Wildman–Crippen MR) is 84.4 cm³/mol. The highest BCUT2D eigenvalue weighted by Gasteiger charge is 2.28. The van der Waals surface area contributed by atoms with E-state index in [1.54, 1.807) is 20.8 Å². The lowest BCUT2D eigenvalue weighted by Crippen LogP contribution is -2.38. The first-order valence-corrected chi connectivity index (χ1v) is 7.69. The van der Waals surface area contributed by atoms with Crippen molar-refractivity contribution < 1.29 is 33.8 Å². The SMILES string of the molecule is CCCC(C)(COC(=O)NC(=O)CC(=O)O)COC(=O)NC(C)C. The third-order valence-corrected chi connectivity index (χ3v) is 2.92.